The molecule has 0 aliphatic heterocycles. The van der Waals surface area contributed by atoms with Gasteiger partial charge < -0.3 is 19.3 Å². The Bertz CT molecular complexity index is 1150. The molecule has 6 heteroatoms. The summed E-state index contributed by atoms with van der Waals surface area (Å²) in [6, 6.07) is 23.7. The van der Waals surface area contributed by atoms with Crippen LogP contribution in [-0.4, -0.2) is 11.1 Å². The Morgan fingerprint density at radius 2 is 1.61 bits per heavy atom. The second-order valence-electron chi connectivity index (χ2n) is 6.98. The number of hydrogen-bond donors (Lipinski definition) is 1. The van der Waals surface area contributed by atoms with Gasteiger partial charge in [0.15, 0.2) is 5.75 Å². The molecule has 3 aromatic carbocycles. The summed E-state index contributed by atoms with van der Waals surface area (Å²) in [6.07, 6.45) is 0. The van der Waals surface area contributed by atoms with Gasteiger partial charge >= 0.3 is 0 Å². The Hall–Kier alpha value is -4.06. The first-order chi connectivity index (χ1) is 15.1. The van der Waals surface area contributed by atoms with E-state index in [1.807, 2.05) is 62.4 Å². The van der Waals surface area contributed by atoms with Crippen molar-refractivity contribution < 1.29 is 18.8 Å². The molecule has 4 rings (SSSR count). The molecule has 1 N–H and O–H groups in total. The number of rotatable bonds is 7. The van der Waals surface area contributed by atoms with E-state index in [1.54, 1.807) is 30.3 Å². The molecule has 1 amide bonds. The van der Waals surface area contributed by atoms with Crippen molar-refractivity contribution in [3.63, 3.8) is 0 Å². The number of aromatic nitrogens is 1. The number of anilines is 1. The van der Waals surface area contributed by atoms with Gasteiger partial charge in [-0.2, -0.15) is 0 Å². The van der Waals surface area contributed by atoms with E-state index < -0.39 is 0 Å². The van der Waals surface area contributed by atoms with Gasteiger partial charge in [0.25, 0.3) is 5.91 Å². The summed E-state index contributed by atoms with van der Waals surface area (Å²) >= 11 is 0. The molecule has 1 aromatic heterocycles. The van der Waals surface area contributed by atoms with Crippen molar-refractivity contribution in [2.45, 2.75) is 20.5 Å². The van der Waals surface area contributed by atoms with Crippen molar-refractivity contribution in [2.24, 2.45) is 0 Å². The fourth-order valence-corrected chi connectivity index (χ4v) is 3.03. The number of carbonyl (C=O) groups excluding carboxylic acids is 1. The number of nitrogens with zero attached hydrogens (tertiary/aromatic N) is 1. The molecule has 1 heterocycles. The largest absolute Gasteiger partial charge is 0.489 e. The van der Waals surface area contributed by atoms with E-state index in [9.17, 15) is 4.79 Å². The first kappa shape index (κ1) is 20.2. The van der Waals surface area contributed by atoms with E-state index >= 15 is 0 Å². The van der Waals surface area contributed by atoms with Gasteiger partial charge in [-0.15, -0.1) is 0 Å². The maximum atomic E-state index is 12.7. The quantitative estimate of drug-likeness (QED) is 0.407. The number of ether oxygens (including phenoxy) is 2. The average molecular weight is 414 g/mol. The van der Waals surface area contributed by atoms with Crippen LogP contribution in [0, 0.1) is 13.8 Å². The summed E-state index contributed by atoms with van der Waals surface area (Å²) in [5.41, 5.74) is 2.84. The normalized spacial score (nSPS) is 10.5. The minimum Gasteiger partial charge on any atom is -0.489 e. The van der Waals surface area contributed by atoms with Crippen molar-refractivity contribution in [1.82, 2.24) is 5.16 Å². The second-order valence-corrected chi connectivity index (χ2v) is 6.98. The molecule has 4 aromatic rings. The average Bonchev–Trinajstić information content (AvgIpc) is 3.12. The molecule has 0 spiro atoms. The molecule has 0 radical (unpaired) electrons. The summed E-state index contributed by atoms with van der Waals surface area (Å²) in [5.74, 6) is 2.43. The van der Waals surface area contributed by atoms with Crippen LogP contribution in [0.1, 0.15) is 27.4 Å². The van der Waals surface area contributed by atoms with Gasteiger partial charge in [-0.1, -0.05) is 35.5 Å². The predicted molar refractivity (Wildman–Crippen MR) is 118 cm³/mol. The minimum absolute atomic E-state index is 0.235. The number of para-hydroxylation sites is 3. The molecular formula is C25H22N2O4. The lowest BCUT2D eigenvalue weighted by molar-refractivity contribution is 0.102. The van der Waals surface area contributed by atoms with Crippen molar-refractivity contribution in [1.29, 1.82) is 0 Å². The third-order valence-corrected chi connectivity index (χ3v) is 4.79. The molecule has 156 valence electrons. The van der Waals surface area contributed by atoms with E-state index in [4.69, 9.17) is 14.0 Å². The summed E-state index contributed by atoms with van der Waals surface area (Å²) in [5, 5.41) is 6.83. The van der Waals surface area contributed by atoms with Crippen LogP contribution in [0.25, 0.3) is 0 Å². The Labute approximate surface area is 180 Å². The van der Waals surface area contributed by atoms with Gasteiger partial charge in [-0.05, 0) is 62.4 Å². The third-order valence-electron chi connectivity index (χ3n) is 4.79. The van der Waals surface area contributed by atoms with Crippen LogP contribution in [0.3, 0.4) is 0 Å². The van der Waals surface area contributed by atoms with Gasteiger partial charge in [-0.3, -0.25) is 4.79 Å². The number of benzene rings is 3. The monoisotopic (exact) mass is 414 g/mol. The van der Waals surface area contributed by atoms with Crippen LogP contribution in [0.4, 0.5) is 5.69 Å². The van der Waals surface area contributed by atoms with E-state index in [0.29, 0.717) is 35.1 Å². The first-order valence-electron chi connectivity index (χ1n) is 9.88. The lowest BCUT2D eigenvalue weighted by atomic mass is 10.2. The van der Waals surface area contributed by atoms with Crippen molar-refractivity contribution in [3.8, 4) is 17.2 Å². The number of amides is 1. The summed E-state index contributed by atoms with van der Waals surface area (Å²) in [7, 11) is 0. The minimum atomic E-state index is -0.235. The summed E-state index contributed by atoms with van der Waals surface area (Å²) < 4.78 is 16.8. The molecule has 0 unspecified atom stereocenters. The molecular weight excluding hydrogens is 392 g/mol. The predicted octanol–water partition coefficient (Wildman–Crippen LogP) is 5.92. The standard InChI is InChI=1S/C25H22N2O4/c1-17-22(18(2)31-27-17)16-29-20-14-12-19(13-15-20)25(28)26-23-10-6-7-11-24(23)30-21-8-4-3-5-9-21/h3-15H,16H2,1-2H3,(H,26,28). The molecule has 0 saturated heterocycles. The van der Waals surface area contributed by atoms with Crippen LogP contribution >= 0.6 is 0 Å². The lowest BCUT2D eigenvalue weighted by Gasteiger charge is -2.12. The van der Waals surface area contributed by atoms with Gasteiger partial charge in [-0.25, -0.2) is 0 Å². The van der Waals surface area contributed by atoms with Gasteiger partial charge in [0.05, 0.1) is 16.9 Å². The Morgan fingerprint density at radius 3 is 2.32 bits per heavy atom. The van der Waals surface area contributed by atoms with E-state index in [2.05, 4.69) is 10.5 Å². The fourth-order valence-electron chi connectivity index (χ4n) is 3.03. The molecule has 0 saturated carbocycles. The number of hydrogen-bond acceptors (Lipinski definition) is 5. The highest BCUT2D eigenvalue weighted by atomic mass is 16.5. The number of carbonyl (C=O) groups is 1. The highest BCUT2D eigenvalue weighted by Crippen LogP contribution is 2.29. The van der Waals surface area contributed by atoms with Gasteiger partial charge in [0.1, 0.15) is 23.9 Å². The smallest absolute Gasteiger partial charge is 0.255 e. The van der Waals surface area contributed by atoms with Gasteiger partial charge in [0.2, 0.25) is 0 Å². The second kappa shape index (κ2) is 9.17. The SMILES string of the molecule is Cc1noc(C)c1COc1ccc(C(=O)Nc2ccccc2Oc2ccccc2)cc1. The molecule has 6 nitrogen and oxygen atoms in total. The fraction of sp³-hybridized carbons (Fsp3) is 0.120. The molecule has 31 heavy (non-hydrogen) atoms. The van der Waals surface area contributed by atoms with Crippen LogP contribution in [0.15, 0.2) is 83.4 Å². The van der Waals surface area contributed by atoms with Crippen molar-refractivity contribution in [3.05, 3.63) is 101 Å². The first-order valence-corrected chi connectivity index (χ1v) is 9.88. The van der Waals surface area contributed by atoms with E-state index in [1.165, 1.54) is 0 Å². The van der Waals surface area contributed by atoms with E-state index in [-0.39, 0.29) is 5.91 Å². The molecule has 0 bridgehead atoms. The van der Waals surface area contributed by atoms with Gasteiger partial charge in [0, 0.05) is 5.56 Å². The number of nitrogens with one attached hydrogen (secondary N) is 1. The molecule has 0 fully saturated rings. The van der Waals surface area contributed by atoms with E-state index in [0.717, 1.165) is 17.0 Å². The highest BCUT2D eigenvalue weighted by Gasteiger charge is 2.12. The van der Waals surface area contributed by atoms with Crippen molar-refractivity contribution in [2.75, 3.05) is 5.32 Å². The number of aryl methyl sites for hydroxylation is 2. The Balaban J connectivity index is 1.41. The van der Waals surface area contributed by atoms with Crippen LogP contribution in [-0.2, 0) is 6.61 Å². The van der Waals surface area contributed by atoms with Crippen LogP contribution < -0.4 is 14.8 Å². The molecule has 0 atom stereocenters. The Morgan fingerprint density at radius 1 is 0.903 bits per heavy atom. The summed E-state index contributed by atoms with van der Waals surface area (Å²) in [4.78, 5) is 12.7. The topological polar surface area (TPSA) is 73.6 Å². The third kappa shape index (κ3) is 4.93. The van der Waals surface area contributed by atoms with Crippen molar-refractivity contribution >= 4 is 11.6 Å². The lowest BCUT2D eigenvalue weighted by Crippen LogP contribution is -2.12. The Kier molecular flexibility index (Phi) is 5.98. The zero-order chi connectivity index (χ0) is 21.6. The maximum Gasteiger partial charge on any atom is 0.255 e. The molecule has 0 aliphatic rings. The zero-order valence-electron chi connectivity index (χ0n) is 17.3. The maximum absolute atomic E-state index is 12.7. The summed E-state index contributed by atoms with van der Waals surface area (Å²) in [6.45, 7) is 4.09. The molecule has 0 aliphatic carbocycles. The highest BCUT2D eigenvalue weighted by molar-refractivity contribution is 6.05. The zero-order valence-corrected chi connectivity index (χ0v) is 17.3. The van der Waals surface area contributed by atoms with Crippen LogP contribution in [0.5, 0.6) is 17.2 Å². The van der Waals surface area contributed by atoms with Crippen LogP contribution in [0.2, 0.25) is 0 Å².